The molecule has 0 aliphatic heterocycles. The first-order valence-corrected chi connectivity index (χ1v) is 5.72. The third-order valence-corrected chi connectivity index (χ3v) is 2.93. The first kappa shape index (κ1) is 11.8. The van der Waals surface area contributed by atoms with Crippen molar-refractivity contribution in [1.29, 1.82) is 0 Å². The highest BCUT2D eigenvalue weighted by Crippen LogP contribution is 2.20. The Labute approximate surface area is 93.4 Å². The molecule has 1 rings (SSSR count). The molecule has 1 aliphatic rings. The Morgan fingerprint density at radius 3 is 2.73 bits per heavy atom. The Balaban J connectivity index is 2.85. The average molecular weight is 200 g/mol. The van der Waals surface area contributed by atoms with Gasteiger partial charge in [0, 0.05) is 0 Å². The van der Waals surface area contributed by atoms with Gasteiger partial charge < -0.3 is 0 Å². The number of allylic oxidation sites excluding steroid dienone is 6. The lowest BCUT2D eigenvalue weighted by Crippen LogP contribution is -1.93. The second-order valence-electron chi connectivity index (χ2n) is 3.99. The molecular formula is C15H20. The van der Waals surface area contributed by atoms with Crippen LogP contribution in [0.1, 0.15) is 33.6 Å². The fraction of sp³-hybridized carbons (Fsp3) is 0.400. The Kier molecular flexibility index (Phi) is 4.39. The Morgan fingerprint density at radius 2 is 2.13 bits per heavy atom. The van der Waals surface area contributed by atoms with Gasteiger partial charge in [-0.3, -0.25) is 0 Å². The second-order valence-corrected chi connectivity index (χ2v) is 3.99. The normalized spacial score (nSPS) is 16.7. The van der Waals surface area contributed by atoms with Gasteiger partial charge in [-0.1, -0.05) is 39.5 Å². The van der Waals surface area contributed by atoms with E-state index < -0.39 is 0 Å². The Bertz CT molecular complexity index is 357. The quantitative estimate of drug-likeness (QED) is 0.583. The van der Waals surface area contributed by atoms with Gasteiger partial charge in [-0.2, -0.15) is 0 Å². The Hall–Kier alpha value is -1.26. The third kappa shape index (κ3) is 3.11. The van der Waals surface area contributed by atoms with Crippen molar-refractivity contribution in [2.45, 2.75) is 33.6 Å². The molecule has 0 radical (unpaired) electrons. The molecule has 0 aromatic rings. The van der Waals surface area contributed by atoms with E-state index in [0.717, 1.165) is 12.8 Å². The third-order valence-electron chi connectivity index (χ3n) is 2.93. The van der Waals surface area contributed by atoms with Crippen LogP contribution in [0.3, 0.4) is 0 Å². The number of hydrogen-bond donors (Lipinski definition) is 0. The average Bonchev–Trinajstić information content (AvgIpc) is 2.52. The first-order chi connectivity index (χ1) is 7.19. The van der Waals surface area contributed by atoms with Crippen molar-refractivity contribution in [1.82, 2.24) is 0 Å². The largest absolute Gasteiger partial charge is 0.117 e. The minimum atomic E-state index is 0.583. The number of hydrogen-bond acceptors (Lipinski definition) is 0. The van der Waals surface area contributed by atoms with Crippen LogP contribution in [-0.4, -0.2) is 0 Å². The Morgan fingerprint density at radius 1 is 1.40 bits per heavy atom. The van der Waals surface area contributed by atoms with Crippen LogP contribution in [0.4, 0.5) is 0 Å². The summed E-state index contributed by atoms with van der Waals surface area (Å²) < 4.78 is 0. The predicted molar refractivity (Wildman–Crippen MR) is 67.7 cm³/mol. The van der Waals surface area contributed by atoms with Crippen LogP contribution < -0.4 is 0 Å². The van der Waals surface area contributed by atoms with Gasteiger partial charge in [-0.25, -0.2) is 0 Å². The molecule has 0 amide bonds. The van der Waals surface area contributed by atoms with Gasteiger partial charge in [0.05, 0.1) is 0 Å². The summed E-state index contributed by atoms with van der Waals surface area (Å²) in [5.41, 5.74) is 7.03. The lowest BCUT2D eigenvalue weighted by atomic mass is 9.98. The standard InChI is InChI=1S/C15H20/c1-5-12(3)14-8-7-9-15(11-10-14)13(4)6-2/h7-8,10-11,13H,3,5-6H2,1-2,4H3/t13-/m0/s1. The summed E-state index contributed by atoms with van der Waals surface area (Å²) in [6.07, 6.45) is 10.6. The molecule has 0 nitrogen and oxygen atoms in total. The van der Waals surface area contributed by atoms with Crippen molar-refractivity contribution in [2.24, 2.45) is 5.92 Å². The molecule has 0 saturated carbocycles. The highest BCUT2D eigenvalue weighted by molar-refractivity contribution is 5.44. The molecule has 0 aromatic heterocycles. The molecule has 0 aromatic carbocycles. The maximum Gasteiger partial charge on any atom is -0.00320 e. The van der Waals surface area contributed by atoms with Crippen LogP contribution in [-0.2, 0) is 0 Å². The van der Waals surface area contributed by atoms with Crippen molar-refractivity contribution in [2.75, 3.05) is 0 Å². The summed E-state index contributed by atoms with van der Waals surface area (Å²) in [6, 6.07) is 0. The van der Waals surface area contributed by atoms with Gasteiger partial charge in [-0.05, 0) is 47.6 Å². The maximum atomic E-state index is 4.05. The summed E-state index contributed by atoms with van der Waals surface area (Å²) >= 11 is 0. The molecule has 0 saturated heterocycles. The minimum absolute atomic E-state index is 0.583. The fourth-order valence-electron chi connectivity index (χ4n) is 1.48. The van der Waals surface area contributed by atoms with Gasteiger partial charge in [0.25, 0.3) is 0 Å². The van der Waals surface area contributed by atoms with Gasteiger partial charge in [-0.15, -0.1) is 5.73 Å². The molecule has 1 aliphatic carbocycles. The molecule has 80 valence electrons. The van der Waals surface area contributed by atoms with Crippen molar-refractivity contribution >= 4 is 0 Å². The molecule has 0 heterocycles. The van der Waals surface area contributed by atoms with Crippen molar-refractivity contribution < 1.29 is 0 Å². The minimum Gasteiger partial charge on any atom is -0.117 e. The van der Waals surface area contributed by atoms with Gasteiger partial charge >= 0.3 is 0 Å². The smallest absolute Gasteiger partial charge is 0.00320 e. The summed E-state index contributed by atoms with van der Waals surface area (Å²) in [6.45, 7) is 10.6. The van der Waals surface area contributed by atoms with E-state index in [9.17, 15) is 0 Å². The van der Waals surface area contributed by atoms with Gasteiger partial charge in [0.15, 0.2) is 0 Å². The van der Waals surface area contributed by atoms with E-state index in [0.29, 0.717) is 5.92 Å². The topological polar surface area (TPSA) is 0 Å². The van der Waals surface area contributed by atoms with E-state index in [2.05, 4.69) is 51.3 Å². The van der Waals surface area contributed by atoms with E-state index >= 15 is 0 Å². The zero-order chi connectivity index (χ0) is 11.3. The SMILES string of the molecule is C=C(CC)C1=CC=C=C([C@@H](C)CC)C=C1. The molecule has 0 unspecified atom stereocenters. The van der Waals surface area contributed by atoms with Crippen molar-refractivity contribution in [3.05, 3.63) is 53.3 Å². The molecule has 0 spiro atoms. The maximum absolute atomic E-state index is 4.05. The molecule has 1 atom stereocenters. The zero-order valence-electron chi connectivity index (χ0n) is 10.0. The van der Waals surface area contributed by atoms with Crippen LogP contribution in [0.15, 0.2) is 53.3 Å². The van der Waals surface area contributed by atoms with Crippen LogP contribution in [0.2, 0.25) is 0 Å². The van der Waals surface area contributed by atoms with Gasteiger partial charge in [0.1, 0.15) is 0 Å². The lowest BCUT2D eigenvalue weighted by molar-refractivity contribution is 0.671. The van der Waals surface area contributed by atoms with Crippen LogP contribution in [0, 0.1) is 5.92 Å². The van der Waals surface area contributed by atoms with E-state index in [-0.39, 0.29) is 0 Å². The molecule has 0 bridgehead atoms. The molecule has 15 heavy (non-hydrogen) atoms. The van der Waals surface area contributed by atoms with E-state index in [1.165, 1.54) is 16.7 Å². The highest BCUT2D eigenvalue weighted by Gasteiger charge is 2.04. The fourth-order valence-corrected chi connectivity index (χ4v) is 1.48. The summed E-state index contributed by atoms with van der Waals surface area (Å²) in [5.74, 6) is 0.583. The van der Waals surface area contributed by atoms with Crippen molar-refractivity contribution in [3.8, 4) is 0 Å². The van der Waals surface area contributed by atoms with Crippen molar-refractivity contribution in [3.63, 3.8) is 0 Å². The summed E-state index contributed by atoms with van der Waals surface area (Å²) in [4.78, 5) is 0. The monoisotopic (exact) mass is 200 g/mol. The van der Waals surface area contributed by atoms with Gasteiger partial charge in [0.2, 0.25) is 0 Å². The first-order valence-electron chi connectivity index (χ1n) is 5.72. The van der Waals surface area contributed by atoms with E-state index in [4.69, 9.17) is 0 Å². The lowest BCUT2D eigenvalue weighted by Gasteiger charge is -2.06. The second kappa shape index (κ2) is 5.58. The highest BCUT2D eigenvalue weighted by atomic mass is 14.1. The zero-order valence-corrected chi connectivity index (χ0v) is 10.0. The van der Waals surface area contributed by atoms with E-state index in [1.54, 1.807) is 0 Å². The van der Waals surface area contributed by atoms with Crippen LogP contribution in [0.5, 0.6) is 0 Å². The molecule has 0 N–H and O–H groups in total. The molecule has 0 fully saturated rings. The van der Waals surface area contributed by atoms with E-state index in [1.807, 2.05) is 6.08 Å². The predicted octanol–water partition coefficient (Wildman–Crippen LogP) is 4.58. The number of rotatable bonds is 4. The summed E-state index contributed by atoms with van der Waals surface area (Å²) in [7, 11) is 0. The van der Waals surface area contributed by atoms with Crippen LogP contribution in [0.25, 0.3) is 0 Å². The summed E-state index contributed by atoms with van der Waals surface area (Å²) in [5, 5.41) is 0. The van der Waals surface area contributed by atoms with Crippen LogP contribution >= 0.6 is 0 Å². The molecule has 0 heteroatoms. The molecular weight excluding hydrogens is 180 g/mol.